The second-order valence-electron chi connectivity index (χ2n) is 3.56. The van der Waals surface area contributed by atoms with Gasteiger partial charge in [-0.1, -0.05) is 26.2 Å². The van der Waals surface area contributed by atoms with Gasteiger partial charge in [0.15, 0.2) is 0 Å². The highest BCUT2D eigenvalue weighted by molar-refractivity contribution is 5.23. The highest BCUT2D eigenvalue weighted by atomic mass is 15.3. The van der Waals surface area contributed by atoms with Gasteiger partial charge in [-0.05, 0) is 6.42 Å². The zero-order valence-electron chi connectivity index (χ0n) is 9.38. The van der Waals surface area contributed by atoms with Crippen LogP contribution in [0.25, 0.3) is 0 Å². The van der Waals surface area contributed by atoms with Crippen LogP contribution >= 0.6 is 0 Å². The van der Waals surface area contributed by atoms with Gasteiger partial charge in [-0.3, -0.25) is 0 Å². The van der Waals surface area contributed by atoms with E-state index >= 15 is 0 Å². The monoisotopic (exact) mass is 196 g/mol. The van der Waals surface area contributed by atoms with Crippen LogP contribution in [0.4, 0.5) is 5.95 Å². The fourth-order valence-corrected chi connectivity index (χ4v) is 1.51. The van der Waals surface area contributed by atoms with E-state index in [9.17, 15) is 0 Å². The van der Waals surface area contributed by atoms with Crippen LogP contribution in [0.15, 0.2) is 0 Å². The van der Waals surface area contributed by atoms with Gasteiger partial charge in [0.1, 0.15) is 5.82 Å². The lowest BCUT2D eigenvalue weighted by Gasteiger charge is -2.02. The van der Waals surface area contributed by atoms with E-state index in [0.717, 1.165) is 18.2 Å². The first-order valence-electron chi connectivity index (χ1n) is 5.35. The fraction of sp³-hybridized carbons (Fsp3) is 0.800. The van der Waals surface area contributed by atoms with Crippen LogP contribution in [0.2, 0.25) is 0 Å². The third-order valence-corrected chi connectivity index (χ3v) is 2.44. The average molecular weight is 196 g/mol. The smallest absolute Gasteiger partial charge is 0.224 e. The summed E-state index contributed by atoms with van der Waals surface area (Å²) in [5.41, 5.74) is 0. The molecule has 4 nitrogen and oxygen atoms in total. The molecule has 0 aromatic carbocycles. The lowest BCUT2D eigenvalue weighted by Crippen LogP contribution is -2.02. The minimum Gasteiger partial charge on any atom is -0.357 e. The van der Waals surface area contributed by atoms with Gasteiger partial charge in [0.05, 0.1) is 0 Å². The van der Waals surface area contributed by atoms with Gasteiger partial charge in [0.25, 0.3) is 0 Å². The summed E-state index contributed by atoms with van der Waals surface area (Å²) in [7, 11) is 3.87. The number of rotatable bonds is 6. The quantitative estimate of drug-likeness (QED) is 0.707. The largest absolute Gasteiger partial charge is 0.357 e. The molecule has 0 aliphatic heterocycles. The zero-order chi connectivity index (χ0) is 10.4. The molecular formula is C10H20N4. The molecule has 0 spiro atoms. The van der Waals surface area contributed by atoms with E-state index in [1.54, 1.807) is 0 Å². The molecule has 0 unspecified atom stereocenters. The lowest BCUT2D eigenvalue weighted by molar-refractivity contribution is 0.638. The molecule has 0 saturated heterocycles. The van der Waals surface area contributed by atoms with E-state index in [1.807, 2.05) is 18.7 Å². The molecule has 1 aromatic heterocycles. The Kier molecular flexibility index (Phi) is 4.43. The Morgan fingerprint density at radius 2 is 2.00 bits per heavy atom. The zero-order valence-corrected chi connectivity index (χ0v) is 9.38. The molecule has 0 radical (unpaired) electrons. The summed E-state index contributed by atoms with van der Waals surface area (Å²) in [4.78, 5) is 0. The first-order chi connectivity index (χ1) is 6.79. The topological polar surface area (TPSA) is 42.7 Å². The van der Waals surface area contributed by atoms with Crippen LogP contribution in [0.5, 0.6) is 0 Å². The van der Waals surface area contributed by atoms with Gasteiger partial charge < -0.3 is 9.88 Å². The summed E-state index contributed by atoms with van der Waals surface area (Å²) in [5.74, 6) is 1.92. The molecule has 80 valence electrons. The van der Waals surface area contributed by atoms with Crippen molar-refractivity contribution in [1.29, 1.82) is 0 Å². The van der Waals surface area contributed by atoms with Crippen LogP contribution in [0.3, 0.4) is 0 Å². The Bertz CT molecular complexity index is 267. The maximum Gasteiger partial charge on any atom is 0.224 e. The summed E-state index contributed by atoms with van der Waals surface area (Å²) in [5, 5.41) is 11.2. The summed E-state index contributed by atoms with van der Waals surface area (Å²) in [6.07, 6.45) is 6.13. The molecule has 1 aromatic rings. The number of anilines is 1. The summed E-state index contributed by atoms with van der Waals surface area (Å²) >= 11 is 0. The number of hydrogen-bond donors (Lipinski definition) is 1. The molecule has 0 fully saturated rings. The van der Waals surface area contributed by atoms with Crippen molar-refractivity contribution in [2.75, 3.05) is 12.4 Å². The highest BCUT2D eigenvalue weighted by Gasteiger charge is 2.05. The van der Waals surface area contributed by atoms with Gasteiger partial charge in [0, 0.05) is 20.5 Å². The van der Waals surface area contributed by atoms with Crippen LogP contribution in [0.1, 0.15) is 38.4 Å². The second kappa shape index (κ2) is 5.62. The first kappa shape index (κ1) is 11.0. The number of nitrogens with zero attached hydrogens (tertiary/aromatic N) is 3. The normalized spacial score (nSPS) is 10.5. The Hall–Kier alpha value is -1.06. The first-order valence-corrected chi connectivity index (χ1v) is 5.35. The summed E-state index contributed by atoms with van der Waals surface area (Å²) < 4.78 is 2.02. The minimum absolute atomic E-state index is 0.843. The molecule has 0 amide bonds. The van der Waals surface area contributed by atoms with E-state index < -0.39 is 0 Å². The predicted molar refractivity (Wildman–Crippen MR) is 58.4 cm³/mol. The van der Waals surface area contributed by atoms with E-state index in [2.05, 4.69) is 22.4 Å². The third-order valence-electron chi connectivity index (χ3n) is 2.44. The molecule has 4 heteroatoms. The average Bonchev–Trinajstić information content (AvgIpc) is 2.55. The number of hydrogen-bond acceptors (Lipinski definition) is 3. The Morgan fingerprint density at radius 3 is 2.57 bits per heavy atom. The standard InChI is InChI=1S/C10H20N4/c1-4-5-6-7-8-9-12-13-10(11-2)14(9)3/h4-8H2,1-3H3,(H,11,13). The Balaban J connectivity index is 2.39. The molecule has 1 rings (SSSR count). The Morgan fingerprint density at radius 1 is 1.21 bits per heavy atom. The second-order valence-corrected chi connectivity index (χ2v) is 3.56. The number of aryl methyl sites for hydroxylation is 1. The molecule has 0 aliphatic carbocycles. The van der Waals surface area contributed by atoms with Gasteiger partial charge >= 0.3 is 0 Å². The van der Waals surface area contributed by atoms with Crippen molar-refractivity contribution < 1.29 is 0 Å². The van der Waals surface area contributed by atoms with Crippen molar-refractivity contribution in [1.82, 2.24) is 14.8 Å². The van der Waals surface area contributed by atoms with E-state index in [0.29, 0.717) is 0 Å². The molecular weight excluding hydrogens is 176 g/mol. The SMILES string of the molecule is CCCCCCc1nnc(NC)n1C. The van der Waals surface area contributed by atoms with Crippen molar-refractivity contribution in [2.45, 2.75) is 39.0 Å². The summed E-state index contributed by atoms with van der Waals surface area (Å²) in [6, 6.07) is 0. The van der Waals surface area contributed by atoms with Crippen LogP contribution in [-0.4, -0.2) is 21.8 Å². The maximum atomic E-state index is 4.13. The molecule has 0 aliphatic rings. The minimum atomic E-state index is 0.843. The lowest BCUT2D eigenvalue weighted by atomic mass is 10.1. The maximum absolute atomic E-state index is 4.13. The molecule has 14 heavy (non-hydrogen) atoms. The number of nitrogens with one attached hydrogen (secondary N) is 1. The van der Waals surface area contributed by atoms with Gasteiger partial charge in [0.2, 0.25) is 5.95 Å². The van der Waals surface area contributed by atoms with Crippen molar-refractivity contribution >= 4 is 5.95 Å². The predicted octanol–water partition coefficient (Wildman–Crippen LogP) is 1.98. The number of aromatic nitrogens is 3. The van der Waals surface area contributed by atoms with Crippen LogP contribution in [0, 0.1) is 0 Å². The van der Waals surface area contributed by atoms with Crippen molar-refractivity contribution in [3.8, 4) is 0 Å². The number of unbranched alkanes of at least 4 members (excludes halogenated alkanes) is 3. The van der Waals surface area contributed by atoms with Crippen LogP contribution < -0.4 is 5.32 Å². The van der Waals surface area contributed by atoms with Crippen molar-refractivity contribution in [2.24, 2.45) is 7.05 Å². The van der Waals surface area contributed by atoms with Crippen LogP contribution in [-0.2, 0) is 13.5 Å². The van der Waals surface area contributed by atoms with E-state index in [1.165, 1.54) is 25.7 Å². The Labute approximate surface area is 85.7 Å². The van der Waals surface area contributed by atoms with Gasteiger partial charge in [-0.2, -0.15) is 0 Å². The molecule has 0 bridgehead atoms. The van der Waals surface area contributed by atoms with Gasteiger partial charge in [-0.25, -0.2) is 0 Å². The third kappa shape index (κ3) is 2.72. The molecule has 0 saturated carbocycles. The molecule has 0 atom stereocenters. The molecule has 1 N–H and O–H groups in total. The van der Waals surface area contributed by atoms with E-state index in [-0.39, 0.29) is 0 Å². The highest BCUT2D eigenvalue weighted by Crippen LogP contribution is 2.08. The summed E-state index contributed by atoms with van der Waals surface area (Å²) in [6.45, 7) is 2.22. The van der Waals surface area contributed by atoms with E-state index in [4.69, 9.17) is 0 Å². The van der Waals surface area contributed by atoms with Gasteiger partial charge in [-0.15, -0.1) is 10.2 Å². The van der Waals surface area contributed by atoms with Crippen molar-refractivity contribution in [3.63, 3.8) is 0 Å². The fourth-order valence-electron chi connectivity index (χ4n) is 1.51. The molecule has 1 heterocycles. The van der Waals surface area contributed by atoms with Crippen molar-refractivity contribution in [3.05, 3.63) is 5.82 Å².